The number of hydrogen-bond acceptors (Lipinski definition) is 4. The predicted molar refractivity (Wildman–Crippen MR) is 67.9 cm³/mol. The lowest BCUT2D eigenvalue weighted by Gasteiger charge is -2.36. The fourth-order valence-electron chi connectivity index (χ4n) is 1.68. The summed E-state index contributed by atoms with van der Waals surface area (Å²) in [6, 6.07) is 0. The van der Waals surface area contributed by atoms with Gasteiger partial charge in [0.1, 0.15) is 0 Å². The number of rotatable bonds is 5. The highest BCUT2D eigenvalue weighted by Gasteiger charge is 2.24. The van der Waals surface area contributed by atoms with Crippen LogP contribution in [0.4, 0.5) is 0 Å². The first-order chi connectivity index (χ1) is 7.66. The van der Waals surface area contributed by atoms with Crippen molar-refractivity contribution in [3.8, 4) is 0 Å². The Labute approximate surface area is 108 Å². The van der Waals surface area contributed by atoms with Crippen LogP contribution in [0.3, 0.4) is 0 Å². The minimum atomic E-state index is -0.193. The summed E-state index contributed by atoms with van der Waals surface area (Å²) in [6.07, 6.45) is 3.44. The van der Waals surface area contributed by atoms with Crippen molar-refractivity contribution < 1.29 is 9.59 Å². The molecule has 1 fully saturated rings. The van der Waals surface area contributed by atoms with Crippen molar-refractivity contribution in [2.45, 2.75) is 10.3 Å². The molecule has 0 aromatic rings. The third-order valence-corrected chi connectivity index (χ3v) is 3.42. The molecular weight excluding hydrogens is 321 g/mol. The second-order valence-corrected chi connectivity index (χ2v) is 5.69. The average molecular weight is 335 g/mol. The van der Waals surface area contributed by atoms with Gasteiger partial charge in [0.05, 0.1) is 0 Å². The third kappa shape index (κ3) is 2.80. The minimum Gasteiger partial charge on any atom is -0.275 e. The van der Waals surface area contributed by atoms with Crippen LogP contribution in [0.2, 0.25) is 0 Å². The van der Waals surface area contributed by atoms with E-state index in [1.165, 1.54) is 17.1 Å². The summed E-state index contributed by atoms with van der Waals surface area (Å²) >= 11 is 2.42. The zero-order chi connectivity index (χ0) is 11.5. The molecule has 0 saturated carbocycles. The molecule has 0 bridgehead atoms. The van der Waals surface area contributed by atoms with Crippen LogP contribution < -0.4 is 5.43 Å². The maximum atomic E-state index is 11.2. The molecule has 2 heterocycles. The average Bonchev–Trinajstić information content (AvgIpc) is 2.51. The summed E-state index contributed by atoms with van der Waals surface area (Å²) in [7, 11) is 0. The number of amides is 2. The van der Waals surface area contributed by atoms with Gasteiger partial charge in [0.15, 0.2) is 0 Å². The van der Waals surface area contributed by atoms with E-state index in [2.05, 4.69) is 33.0 Å². The fraction of sp³-hybridized carbons (Fsp3) is 0.600. The van der Waals surface area contributed by atoms with Crippen molar-refractivity contribution in [3.05, 3.63) is 12.2 Å². The van der Waals surface area contributed by atoms with Gasteiger partial charge >= 0.3 is 0 Å². The largest absolute Gasteiger partial charge is 0.275 e. The number of hydrazine groups is 1. The maximum absolute atomic E-state index is 11.2. The summed E-state index contributed by atoms with van der Waals surface area (Å²) in [5.41, 5.74) is 3.26. The number of carbonyl (C=O) groups excluding carboxylic acids is 2. The van der Waals surface area contributed by atoms with Gasteiger partial charge in [-0.3, -0.25) is 19.9 Å². The van der Waals surface area contributed by atoms with Crippen LogP contribution in [0.5, 0.6) is 0 Å². The molecule has 1 N–H and O–H groups in total. The van der Waals surface area contributed by atoms with Crippen LogP contribution in [0.25, 0.3) is 0 Å². The Bertz CT molecular complexity index is 308. The third-order valence-electron chi connectivity index (χ3n) is 2.63. The highest BCUT2D eigenvalue weighted by Crippen LogP contribution is 2.13. The number of carbonyl (C=O) groups is 2. The monoisotopic (exact) mass is 335 g/mol. The van der Waals surface area contributed by atoms with Gasteiger partial charge in [0.2, 0.25) is 0 Å². The lowest BCUT2D eigenvalue weighted by molar-refractivity contribution is -0.136. The van der Waals surface area contributed by atoms with Crippen LogP contribution >= 0.6 is 22.6 Å². The highest BCUT2D eigenvalue weighted by atomic mass is 127. The van der Waals surface area contributed by atoms with Gasteiger partial charge in [0.25, 0.3) is 11.8 Å². The van der Waals surface area contributed by atoms with Crippen LogP contribution in [0, 0.1) is 0 Å². The van der Waals surface area contributed by atoms with Crippen molar-refractivity contribution >= 4 is 34.4 Å². The van der Waals surface area contributed by atoms with Gasteiger partial charge in [-0.15, -0.1) is 0 Å². The van der Waals surface area contributed by atoms with Crippen LogP contribution in [-0.4, -0.2) is 51.8 Å². The Morgan fingerprint density at radius 3 is 2.50 bits per heavy atom. The summed E-state index contributed by atoms with van der Waals surface area (Å²) in [5, 5.41) is 2.16. The van der Waals surface area contributed by atoms with E-state index in [0.717, 1.165) is 30.0 Å². The summed E-state index contributed by atoms with van der Waals surface area (Å²) in [6.45, 7) is 3.45. The molecule has 2 amide bonds. The zero-order valence-corrected chi connectivity index (χ0v) is 11.0. The van der Waals surface area contributed by atoms with Gasteiger partial charge in [-0.2, -0.15) is 0 Å². The molecule has 6 heteroatoms. The van der Waals surface area contributed by atoms with E-state index in [-0.39, 0.29) is 11.8 Å². The van der Waals surface area contributed by atoms with E-state index in [1.54, 1.807) is 0 Å². The topological polar surface area (TPSA) is 52.7 Å². The van der Waals surface area contributed by atoms with Gasteiger partial charge in [-0.1, -0.05) is 22.6 Å². The molecule has 88 valence electrons. The van der Waals surface area contributed by atoms with Gasteiger partial charge in [-0.05, 0) is 6.42 Å². The van der Waals surface area contributed by atoms with Gasteiger partial charge in [-0.25, -0.2) is 5.01 Å². The Morgan fingerprint density at radius 1 is 1.31 bits per heavy atom. The molecule has 0 aliphatic carbocycles. The number of nitrogens with one attached hydrogen (secondary N) is 1. The molecule has 16 heavy (non-hydrogen) atoms. The molecule has 1 saturated heterocycles. The predicted octanol–water partition coefficient (Wildman–Crippen LogP) is -0.0747. The van der Waals surface area contributed by atoms with E-state index in [4.69, 9.17) is 0 Å². The Morgan fingerprint density at radius 2 is 1.94 bits per heavy atom. The SMILES string of the molecule is O=C1C=CC(=O)N1CCCNN1CC(I)C1. The first-order valence-corrected chi connectivity index (χ1v) is 6.57. The van der Waals surface area contributed by atoms with Crippen LogP contribution in [0.1, 0.15) is 6.42 Å². The molecule has 0 aromatic carbocycles. The van der Waals surface area contributed by atoms with Crippen molar-refractivity contribution in [3.63, 3.8) is 0 Å². The van der Waals surface area contributed by atoms with E-state index in [1.807, 2.05) is 0 Å². The zero-order valence-electron chi connectivity index (χ0n) is 8.86. The van der Waals surface area contributed by atoms with E-state index < -0.39 is 0 Å². The molecule has 5 nitrogen and oxygen atoms in total. The molecule has 0 atom stereocenters. The number of nitrogens with zero attached hydrogens (tertiary/aromatic N) is 2. The summed E-state index contributed by atoms with van der Waals surface area (Å²) in [4.78, 5) is 23.7. The Balaban J connectivity index is 1.58. The second kappa shape index (κ2) is 5.24. The van der Waals surface area contributed by atoms with Gasteiger partial charge < -0.3 is 0 Å². The highest BCUT2D eigenvalue weighted by molar-refractivity contribution is 14.1. The Kier molecular flexibility index (Phi) is 3.93. The van der Waals surface area contributed by atoms with E-state index >= 15 is 0 Å². The standard InChI is InChI=1S/C10H14IN3O2/c11-8-6-13(7-8)12-4-1-5-14-9(15)2-3-10(14)16/h2-3,8,12H,1,4-7H2. The normalized spacial score (nSPS) is 21.9. The van der Waals surface area contributed by atoms with E-state index in [0.29, 0.717) is 6.54 Å². The molecule has 2 aliphatic heterocycles. The number of imide groups is 1. The Hall–Kier alpha value is -0.470. The summed E-state index contributed by atoms with van der Waals surface area (Å²) in [5.74, 6) is -0.387. The lowest BCUT2D eigenvalue weighted by Crippen LogP contribution is -2.55. The maximum Gasteiger partial charge on any atom is 0.253 e. The van der Waals surface area contributed by atoms with Crippen molar-refractivity contribution in [1.82, 2.24) is 15.3 Å². The number of alkyl halides is 1. The molecule has 0 spiro atoms. The van der Waals surface area contributed by atoms with Crippen molar-refractivity contribution in [2.75, 3.05) is 26.2 Å². The van der Waals surface area contributed by atoms with Gasteiger partial charge in [0, 0.05) is 42.3 Å². The smallest absolute Gasteiger partial charge is 0.253 e. The molecule has 0 unspecified atom stereocenters. The first-order valence-electron chi connectivity index (χ1n) is 5.33. The number of hydrogen-bond donors (Lipinski definition) is 1. The molecular formula is C10H14IN3O2. The molecule has 2 rings (SSSR count). The van der Waals surface area contributed by atoms with Crippen LogP contribution in [0.15, 0.2) is 12.2 Å². The quantitative estimate of drug-likeness (QED) is 0.331. The van der Waals surface area contributed by atoms with Crippen molar-refractivity contribution in [2.24, 2.45) is 0 Å². The number of halogens is 1. The molecule has 2 aliphatic rings. The molecule has 0 radical (unpaired) electrons. The van der Waals surface area contributed by atoms with Crippen LogP contribution in [-0.2, 0) is 9.59 Å². The molecule has 0 aromatic heterocycles. The lowest BCUT2D eigenvalue weighted by atomic mass is 10.3. The van der Waals surface area contributed by atoms with Crippen molar-refractivity contribution in [1.29, 1.82) is 0 Å². The second-order valence-electron chi connectivity index (χ2n) is 3.93. The first kappa shape index (κ1) is 12.0. The summed E-state index contributed by atoms with van der Waals surface area (Å²) < 4.78 is 0.746. The fourth-order valence-corrected chi connectivity index (χ4v) is 2.63. The van der Waals surface area contributed by atoms with E-state index in [9.17, 15) is 9.59 Å². The minimum absolute atomic E-state index is 0.193.